The van der Waals surface area contributed by atoms with Crippen molar-refractivity contribution in [3.05, 3.63) is 58.7 Å². The van der Waals surface area contributed by atoms with Crippen LogP contribution in [0.2, 0.25) is 5.02 Å². The fourth-order valence-electron chi connectivity index (χ4n) is 3.90. The average Bonchev–Trinajstić information content (AvgIpc) is 3.16. The predicted molar refractivity (Wildman–Crippen MR) is 116 cm³/mol. The quantitative estimate of drug-likeness (QED) is 0.371. The van der Waals surface area contributed by atoms with Crippen LogP contribution in [0.1, 0.15) is 43.2 Å². The summed E-state index contributed by atoms with van der Waals surface area (Å²) in [7, 11) is 0. The summed E-state index contributed by atoms with van der Waals surface area (Å²) >= 11 is 7.12. The molecular formula is C22H22ClF3N4S. The van der Waals surface area contributed by atoms with E-state index in [0.717, 1.165) is 31.1 Å². The van der Waals surface area contributed by atoms with E-state index in [-0.39, 0.29) is 5.02 Å². The molecule has 1 fully saturated rings. The van der Waals surface area contributed by atoms with E-state index in [9.17, 15) is 13.2 Å². The highest BCUT2D eigenvalue weighted by Gasteiger charge is 2.33. The highest BCUT2D eigenvalue weighted by Crippen LogP contribution is 2.36. The van der Waals surface area contributed by atoms with Crippen molar-refractivity contribution in [1.29, 1.82) is 0 Å². The highest BCUT2D eigenvalue weighted by molar-refractivity contribution is 7.98. The molecule has 1 aliphatic rings. The molecule has 1 saturated carbocycles. The van der Waals surface area contributed by atoms with E-state index >= 15 is 0 Å². The van der Waals surface area contributed by atoms with Gasteiger partial charge in [-0.2, -0.15) is 13.2 Å². The second-order valence-corrected chi connectivity index (χ2v) is 9.09. The van der Waals surface area contributed by atoms with Gasteiger partial charge in [0.1, 0.15) is 5.69 Å². The lowest BCUT2D eigenvalue weighted by Gasteiger charge is -2.23. The first-order valence-corrected chi connectivity index (χ1v) is 11.6. The van der Waals surface area contributed by atoms with Gasteiger partial charge in [-0.1, -0.05) is 54.8 Å². The molecule has 3 aromatic rings. The van der Waals surface area contributed by atoms with E-state index in [2.05, 4.69) is 19.7 Å². The fourth-order valence-corrected chi connectivity index (χ4v) is 5.02. The Kier molecular flexibility index (Phi) is 6.86. The molecule has 31 heavy (non-hydrogen) atoms. The molecular weight excluding hydrogens is 445 g/mol. The Bertz CT molecular complexity index is 1020. The Hall–Kier alpha value is -2.06. The summed E-state index contributed by atoms with van der Waals surface area (Å²) in [6.45, 7) is 0.787. The molecule has 164 valence electrons. The number of hydrogen-bond donors (Lipinski definition) is 0. The minimum absolute atomic E-state index is 0.292. The van der Waals surface area contributed by atoms with Crippen molar-refractivity contribution in [3.63, 3.8) is 0 Å². The molecule has 0 spiro atoms. The standard InChI is InChI=1S/C22H22ClF3N4S/c23-18-10-9-16(12-17(18)22(24,25)26)14-31-21-29-28-20(19-8-4-5-11-27-19)30(21)13-15-6-2-1-3-7-15/h4-5,8-12,15H,1-3,6-7,13-14H2. The lowest BCUT2D eigenvalue weighted by molar-refractivity contribution is -0.137. The molecule has 1 aromatic carbocycles. The van der Waals surface area contributed by atoms with Crippen LogP contribution >= 0.6 is 23.4 Å². The van der Waals surface area contributed by atoms with Crippen LogP contribution in [0.25, 0.3) is 11.5 Å². The summed E-state index contributed by atoms with van der Waals surface area (Å²) in [4.78, 5) is 4.41. The van der Waals surface area contributed by atoms with Crippen LogP contribution in [0.15, 0.2) is 47.8 Å². The van der Waals surface area contributed by atoms with Crippen LogP contribution in [0.3, 0.4) is 0 Å². The Morgan fingerprint density at radius 1 is 1.06 bits per heavy atom. The molecule has 0 saturated heterocycles. The molecule has 2 aromatic heterocycles. The van der Waals surface area contributed by atoms with Crippen molar-refractivity contribution in [2.75, 3.05) is 0 Å². The molecule has 0 bridgehead atoms. The number of alkyl halides is 3. The second-order valence-electron chi connectivity index (χ2n) is 7.74. The van der Waals surface area contributed by atoms with E-state index in [4.69, 9.17) is 11.6 Å². The molecule has 0 radical (unpaired) electrons. The summed E-state index contributed by atoms with van der Waals surface area (Å²) in [5, 5.41) is 9.11. The lowest BCUT2D eigenvalue weighted by atomic mass is 9.89. The van der Waals surface area contributed by atoms with Crippen molar-refractivity contribution >= 4 is 23.4 Å². The third-order valence-electron chi connectivity index (χ3n) is 5.48. The third-order valence-corrected chi connectivity index (χ3v) is 6.85. The first kappa shape index (κ1) is 22.1. The van der Waals surface area contributed by atoms with Gasteiger partial charge in [-0.05, 0) is 48.6 Å². The van der Waals surface area contributed by atoms with Gasteiger partial charge >= 0.3 is 6.18 Å². The van der Waals surface area contributed by atoms with Crippen LogP contribution in [0.4, 0.5) is 13.2 Å². The average molecular weight is 467 g/mol. The van der Waals surface area contributed by atoms with Crippen LogP contribution in [0.5, 0.6) is 0 Å². The molecule has 1 aliphatic carbocycles. The summed E-state index contributed by atoms with van der Waals surface area (Å²) in [5.74, 6) is 1.57. The van der Waals surface area contributed by atoms with E-state index in [1.54, 1.807) is 12.3 Å². The molecule has 0 N–H and O–H groups in total. The molecule has 0 aliphatic heterocycles. The van der Waals surface area contributed by atoms with Gasteiger partial charge in [0.15, 0.2) is 11.0 Å². The maximum atomic E-state index is 13.2. The smallest absolute Gasteiger partial charge is 0.300 e. The largest absolute Gasteiger partial charge is 0.417 e. The Labute approximate surface area is 188 Å². The summed E-state index contributed by atoms with van der Waals surface area (Å²) in [5.41, 5.74) is 0.460. The highest BCUT2D eigenvalue weighted by atomic mass is 35.5. The van der Waals surface area contributed by atoms with Gasteiger partial charge < -0.3 is 4.57 Å². The number of rotatable bonds is 6. The Morgan fingerprint density at radius 3 is 2.58 bits per heavy atom. The molecule has 0 amide bonds. The monoisotopic (exact) mass is 466 g/mol. The van der Waals surface area contributed by atoms with Gasteiger partial charge in [-0.15, -0.1) is 10.2 Å². The number of thioether (sulfide) groups is 1. The van der Waals surface area contributed by atoms with Crippen LogP contribution in [-0.4, -0.2) is 19.7 Å². The normalized spacial score (nSPS) is 15.4. The second kappa shape index (κ2) is 9.61. The van der Waals surface area contributed by atoms with E-state index < -0.39 is 11.7 Å². The molecule has 4 rings (SSSR count). The number of halogens is 4. The van der Waals surface area contributed by atoms with E-state index in [1.165, 1.54) is 37.1 Å². The van der Waals surface area contributed by atoms with Crippen LogP contribution in [-0.2, 0) is 18.5 Å². The predicted octanol–water partition coefficient (Wildman–Crippen LogP) is 6.88. The maximum Gasteiger partial charge on any atom is 0.417 e. The van der Waals surface area contributed by atoms with E-state index in [0.29, 0.717) is 28.2 Å². The van der Waals surface area contributed by atoms with Crippen molar-refractivity contribution in [2.24, 2.45) is 5.92 Å². The number of pyridine rings is 1. The first-order valence-electron chi connectivity index (χ1n) is 10.2. The minimum atomic E-state index is -4.48. The molecule has 9 heteroatoms. The molecule has 0 unspecified atom stereocenters. The summed E-state index contributed by atoms with van der Waals surface area (Å²) in [6.07, 6.45) is 3.27. The zero-order valence-electron chi connectivity index (χ0n) is 16.8. The zero-order chi connectivity index (χ0) is 21.8. The van der Waals surface area contributed by atoms with Crippen LogP contribution in [0, 0.1) is 5.92 Å². The lowest BCUT2D eigenvalue weighted by Crippen LogP contribution is -2.16. The number of benzene rings is 1. The third kappa shape index (κ3) is 5.41. The Morgan fingerprint density at radius 2 is 1.87 bits per heavy atom. The van der Waals surface area contributed by atoms with Crippen molar-refractivity contribution < 1.29 is 13.2 Å². The van der Waals surface area contributed by atoms with Gasteiger partial charge in [0.25, 0.3) is 0 Å². The SMILES string of the molecule is FC(F)(F)c1cc(CSc2nnc(-c3ccccn3)n2CC2CCCCC2)ccc1Cl. The van der Waals surface area contributed by atoms with Crippen molar-refractivity contribution in [1.82, 2.24) is 19.7 Å². The summed E-state index contributed by atoms with van der Waals surface area (Å²) in [6, 6.07) is 9.67. The minimum Gasteiger partial charge on any atom is -0.300 e. The maximum absolute atomic E-state index is 13.2. The van der Waals surface area contributed by atoms with Crippen LogP contribution < -0.4 is 0 Å². The topological polar surface area (TPSA) is 43.6 Å². The molecule has 4 nitrogen and oxygen atoms in total. The number of nitrogens with zero attached hydrogens (tertiary/aromatic N) is 4. The van der Waals surface area contributed by atoms with Crippen molar-refractivity contribution in [3.8, 4) is 11.5 Å². The number of hydrogen-bond acceptors (Lipinski definition) is 4. The molecule has 0 atom stereocenters. The van der Waals surface area contributed by atoms with Gasteiger partial charge in [0, 0.05) is 18.5 Å². The fraction of sp³-hybridized carbons (Fsp3) is 0.409. The zero-order valence-corrected chi connectivity index (χ0v) is 18.3. The van der Waals surface area contributed by atoms with Gasteiger partial charge in [-0.25, -0.2) is 0 Å². The van der Waals surface area contributed by atoms with Gasteiger partial charge in [0.2, 0.25) is 0 Å². The summed E-state index contributed by atoms with van der Waals surface area (Å²) < 4.78 is 41.6. The first-order chi connectivity index (χ1) is 14.9. The molecule has 2 heterocycles. The Balaban J connectivity index is 1.58. The van der Waals surface area contributed by atoms with Gasteiger partial charge in [0.05, 0.1) is 10.6 Å². The van der Waals surface area contributed by atoms with Gasteiger partial charge in [-0.3, -0.25) is 4.98 Å². The van der Waals surface area contributed by atoms with Crippen molar-refractivity contribution in [2.45, 2.75) is 55.7 Å². The number of aromatic nitrogens is 4. The van der Waals surface area contributed by atoms with E-state index in [1.807, 2.05) is 18.2 Å².